The van der Waals surface area contributed by atoms with Crippen LogP contribution in [0.5, 0.6) is 0 Å². The number of hydrogen-bond donors (Lipinski definition) is 0. The molecule has 14 heavy (non-hydrogen) atoms. The minimum Gasteiger partial charge on any atom is -0.130 e. The van der Waals surface area contributed by atoms with Crippen LogP contribution in [0.2, 0.25) is 0 Å². The molecule has 0 aliphatic carbocycles. The molecule has 1 heteroatoms. The van der Waals surface area contributed by atoms with Gasteiger partial charge < -0.3 is 0 Å². The van der Waals surface area contributed by atoms with Crippen molar-refractivity contribution in [1.29, 1.82) is 0 Å². The van der Waals surface area contributed by atoms with Crippen molar-refractivity contribution in [2.75, 3.05) is 6.26 Å². The average Bonchev–Trinajstić information content (AvgIpc) is 2.33. The van der Waals surface area contributed by atoms with Crippen LogP contribution in [0, 0.1) is 0 Å². The molecule has 0 aliphatic rings. The molecule has 0 nitrogen and oxygen atoms in total. The summed E-state index contributed by atoms with van der Waals surface area (Å²) in [6.45, 7) is 0. The van der Waals surface area contributed by atoms with E-state index in [1.54, 1.807) is 11.8 Å². The first-order chi connectivity index (χ1) is 6.93. The van der Waals surface area contributed by atoms with Crippen LogP contribution in [-0.4, -0.2) is 6.26 Å². The van der Waals surface area contributed by atoms with Gasteiger partial charge in [-0.25, -0.2) is 0 Å². The first-order valence-electron chi connectivity index (χ1n) is 4.52. The largest absolute Gasteiger partial charge is 0.130 e. The van der Waals surface area contributed by atoms with Crippen LogP contribution in [0.3, 0.4) is 0 Å². The lowest BCUT2D eigenvalue weighted by Crippen LogP contribution is -1.62. The predicted molar refractivity (Wildman–Crippen MR) is 64.7 cm³/mol. The van der Waals surface area contributed by atoms with Crippen molar-refractivity contribution in [3.8, 4) is 0 Å². The fourth-order valence-corrected chi connectivity index (χ4v) is 1.37. The van der Waals surface area contributed by atoms with Gasteiger partial charge in [0.25, 0.3) is 0 Å². The van der Waals surface area contributed by atoms with E-state index in [-0.39, 0.29) is 0 Å². The highest BCUT2D eigenvalue weighted by Crippen LogP contribution is 2.11. The lowest BCUT2D eigenvalue weighted by atomic mass is 10.4. The number of hydrogen-bond acceptors (Lipinski definition) is 1. The van der Waals surface area contributed by atoms with Crippen LogP contribution in [0.1, 0.15) is 0 Å². The molecule has 0 aliphatic heterocycles. The zero-order valence-corrected chi connectivity index (χ0v) is 9.08. The zero-order valence-electron chi connectivity index (χ0n) is 8.26. The van der Waals surface area contributed by atoms with Gasteiger partial charge in [-0.2, -0.15) is 0 Å². The molecule has 0 fully saturated rings. The number of rotatable bonds is 1. The molecular weight excluding hydrogens is 188 g/mol. The van der Waals surface area contributed by atoms with Gasteiger partial charge in [0, 0.05) is 4.90 Å². The summed E-state index contributed by atoms with van der Waals surface area (Å²) in [6, 6.07) is 22.3. The third kappa shape index (κ3) is 4.73. The molecule has 0 unspecified atom stereocenters. The fraction of sp³-hybridized carbons (Fsp3) is 0.0769. The lowest BCUT2D eigenvalue weighted by Gasteiger charge is -1.89. The second-order valence-electron chi connectivity index (χ2n) is 2.67. The smallest absolute Gasteiger partial charge is 0.00691 e. The molecule has 0 N–H and O–H groups in total. The van der Waals surface area contributed by atoms with Gasteiger partial charge in [0.15, 0.2) is 0 Å². The standard InChI is InChI=1S/C7H8S.C6H6/c1-8-7-5-3-2-4-6-7;1-2-4-6-5-3-1/h2-6H,1H3;1-6H. The average molecular weight is 202 g/mol. The van der Waals surface area contributed by atoms with Crippen molar-refractivity contribution >= 4 is 11.8 Å². The second-order valence-corrected chi connectivity index (χ2v) is 3.55. The minimum atomic E-state index is 1.33. The van der Waals surface area contributed by atoms with E-state index in [1.807, 2.05) is 54.6 Å². The van der Waals surface area contributed by atoms with Crippen molar-refractivity contribution in [3.63, 3.8) is 0 Å². The third-order valence-electron chi connectivity index (χ3n) is 1.65. The van der Waals surface area contributed by atoms with E-state index >= 15 is 0 Å². The van der Waals surface area contributed by atoms with E-state index in [9.17, 15) is 0 Å². The Morgan fingerprint density at radius 1 is 0.643 bits per heavy atom. The molecule has 0 atom stereocenters. The van der Waals surface area contributed by atoms with Gasteiger partial charge in [-0.3, -0.25) is 0 Å². The van der Waals surface area contributed by atoms with Crippen LogP contribution in [-0.2, 0) is 0 Å². The molecule has 0 bridgehead atoms. The van der Waals surface area contributed by atoms with Crippen molar-refractivity contribution in [1.82, 2.24) is 0 Å². The summed E-state index contributed by atoms with van der Waals surface area (Å²) in [5, 5.41) is 0. The highest BCUT2D eigenvalue weighted by Gasteiger charge is 1.80. The molecule has 72 valence electrons. The van der Waals surface area contributed by atoms with Gasteiger partial charge in [-0.15, -0.1) is 11.8 Å². The normalized spacial score (nSPS) is 8.64. The summed E-state index contributed by atoms with van der Waals surface area (Å²) in [7, 11) is 0. The van der Waals surface area contributed by atoms with E-state index in [0.717, 1.165) is 0 Å². The Hall–Kier alpha value is -1.21. The first kappa shape index (κ1) is 10.9. The highest BCUT2D eigenvalue weighted by molar-refractivity contribution is 7.98. The molecule has 0 radical (unpaired) electrons. The molecular formula is C13H14S. The quantitative estimate of drug-likeness (QED) is 0.627. The van der Waals surface area contributed by atoms with Crippen LogP contribution >= 0.6 is 11.8 Å². The van der Waals surface area contributed by atoms with Crippen LogP contribution in [0.15, 0.2) is 71.6 Å². The Morgan fingerprint density at radius 2 is 1.00 bits per heavy atom. The van der Waals surface area contributed by atoms with Crippen molar-refractivity contribution in [2.24, 2.45) is 0 Å². The van der Waals surface area contributed by atoms with Crippen molar-refractivity contribution in [2.45, 2.75) is 4.90 Å². The van der Waals surface area contributed by atoms with E-state index in [0.29, 0.717) is 0 Å². The summed E-state index contributed by atoms with van der Waals surface area (Å²) in [5.74, 6) is 0. The van der Waals surface area contributed by atoms with E-state index in [2.05, 4.69) is 18.4 Å². The SMILES string of the molecule is CSc1ccccc1.c1ccccc1. The summed E-state index contributed by atoms with van der Waals surface area (Å²) < 4.78 is 0. The van der Waals surface area contributed by atoms with Gasteiger partial charge in [0.2, 0.25) is 0 Å². The van der Waals surface area contributed by atoms with Gasteiger partial charge >= 0.3 is 0 Å². The highest BCUT2D eigenvalue weighted by atomic mass is 32.2. The number of benzene rings is 2. The van der Waals surface area contributed by atoms with Crippen molar-refractivity contribution < 1.29 is 0 Å². The Kier molecular flexibility index (Phi) is 5.60. The van der Waals surface area contributed by atoms with Gasteiger partial charge in [0.05, 0.1) is 0 Å². The number of thioether (sulfide) groups is 1. The summed E-state index contributed by atoms with van der Waals surface area (Å²) in [6.07, 6.45) is 2.08. The minimum absolute atomic E-state index is 1.33. The van der Waals surface area contributed by atoms with Gasteiger partial charge in [-0.1, -0.05) is 54.6 Å². The molecule has 0 saturated carbocycles. The fourth-order valence-electron chi connectivity index (χ4n) is 0.941. The van der Waals surface area contributed by atoms with Crippen LogP contribution in [0.25, 0.3) is 0 Å². The van der Waals surface area contributed by atoms with Gasteiger partial charge in [0.1, 0.15) is 0 Å². The predicted octanol–water partition coefficient (Wildman–Crippen LogP) is 4.10. The first-order valence-corrected chi connectivity index (χ1v) is 5.75. The summed E-state index contributed by atoms with van der Waals surface area (Å²) >= 11 is 1.77. The molecule has 0 heterocycles. The Labute approximate surface area is 90.0 Å². The second kappa shape index (κ2) is 7.22. The molecule has 0 amide bonds. The molecule has 2 aromatic rings. The molecule has 2 aromatic carbocycles. The maximum atomic E-state index is 2.10. The molecule has 0 spiro atoms. The molecule has 0 aromatic heterocycles. The Bertz CT molecular complexity index is 289. The summed E-state index contributed by atoms with van der Waals surface area (Å²) in [5.41, 5.74) is 0. The topological polar surface area (TPSA) is 0 Å². The Balaban J connectivity index is 0.000000146. The van der Waals surface area contributed by atoms with E-state index in [4.69, 9.17) is 0 Å². The lowest BCUT2D eigenvalue weighted by molar-refractivity contribution is 1.47. The van der Waals surface area contributed by atoms with Gasteiger partial charge in [-0.05, 0) is 18.4 Å². The summed E-state index contributed by atoms with van der Waals surface area (Å²) in [4.78, 5) is 1.33. The van der Waals surface area contributed by atoms with Crippen molar-refractivity contribution in [3.05, 3.63) is 66.7 Å². The maximum absolute atomic E-state index is 2.10. The van der Waals surface area contributed by atoms with E-state index < -0.39 is 0 Å². The monoisotopic (exact) mass is 202 g/mol. The van der Waals surface area contributed by atoms with E-state index in [1.165, 1.54) is 4.90 Å². The molecule has 2 rings (SSSR count). The third-order valence-corrected chi connectivity index (χ3v) is 2.39. The zero-order chi connectivity index (χ0) is 10.1. The molecule has 0 saturated heterocycles. The van der Waals surface area contributed by atoms with Crippen LogP contribution < -0.4 is 0 Å². The van der Waals surface area contributed by atoms with Crippen LogP contribution in [0.4, 0.5) is 0 Å². The Morgan fingerprint density at radius 3 is 1.29 bits per heavy atom. The maximum Gasteiger partial charge on any atom is 0.00691 e.